The van der Waals surface area contributed by atoms with Gasteiger partial charge in [-0.2, -0.15) is 0 Å². The van der Waals surface area contributed by atoms with E-state index in [0.717, 1.165) is 25.0 Å². The lowest BCUT2D eigenvalue weighted by Crippen LogP contribution is -2.12. The van der Waals surface area contributed by atoms with Crippen LogP contribution in [-0.2, 0) is 6.42 Å². The molecule has 1 heterocycles. The maximum atomic E-state index is 13.2. The van der Waals surface area contributed by atoms with Crippen molar-refractivity contribution >= 4 is 5.78 Å². The SMILES string of the molecule is O=C1CCCCc2nc(C3CCC(F)(F)C3)ncc21. The Labute approximate surface area is 110 Å². The molecule has 2 aliphatic rings. The zero-order valence-corrected chi connectivity index (χ0v) is 10.7. The standard InChI is InChI=1S/C14H16F2N2O/c15-14(16)6-5-9(7-14)13-17-8-10-11(18-13)3-1-2-4-12(10)19/h8-9H,1-7H2. The van der Waals surface area contributed by atoms with Crippen LogP contribution in [0.25, 0.3) is 0 Å². The number of rotatable bonds is 1. The third-order valence-electron chi connectivity index (χ3n) is 4.02. The molecule has 2 aliphatic carbocycles. The number of carbonyl (C=O) groups excluding carboxylic acids is 1. The highest BCUT2D eigenvalue weighted by Crippen LogP contribution is 2.43. The fourth-order valence-electron chi connectivity index (χ4n) is 2.94. The highest BCUT2D eigenvalue weighted by Gasteiger charge is 2.41. The van der Waals surface area contributed by atoms with Crippen molar-refractivity contribution in [3.05, 3.63) is 23.3 Å². The van der Waals surface area contributed by atoms with Gasteiger partial charge in [0.1, 0.15) is 5.82 Å². The molecule has 0 saturated heterocycles. The zero-order chi connectivity index (χ0) is 13.5. The van der Waals surface area contributed by atoms with Crippen LogP contribution in [0.15, 0.2) is 6.20 Å². The lowest BCUT2D eigenvalue weighted by Gasteiger charge is -2.11. The van der Waals surface area contributed by atoms with E-state index < -0.39 is 5.92 Å². The quantitative estimate of drug-likeness (QED) is 0.732. The Morgan fingerprint density at radius 2 is 2.05 bits per heavy atom. The number of hydrogen-bond acceptors (Lipinski definition) is 3. The van der Waals surface area contributed by atoms with Gasteiger partial charge in [-0.05, 0) is 25.7 Å². The number of nitrogens with zero attached hydrogens (tertiary/aromatic N) is 2. The number of carbonyl (C=O) groups is 1. The van der Waals surface area contributed by atoms with Crippen LogP contribution in [0.5, 0.6) is 0 Å². The van der Waals surface area contributed by atoms with Crippen LogP contribution < -0.4 is 0 Å². The van der Waals surface area contributed by atoms with E-state index in [1.54, 1.807) is 6.20 Å². The van der Waals surface area contributed by atoms with Crippen LogP contribution in [0.2, 0.25) is 0 Å². The summed E-state index contributed by atoms with van der Waals surface area (Å²) in [7, 11) is 0. The van der Waals surface area contributed by atoms with E-state index in [0.29, 0.717) is 24.2 Å². The molecule has 0 aliphatic heterocycles. The van der Waals surface area contributed by atoms with Gasteiger partial charge in [-0.25, -0.2) is 18.7 Å². The van der Waals surface area contributed by atoms with Crippen molar-refractivity contribution in [1.82, 2.24) is 9.97 Å². The van der Waals surface area contributed by atoms with E-state index in [2.05, 4.69) is 9.97 Å². The first-order valence-corrected chi connectivity index (χ1v) is 6.82. The van der Waals surface area contributed by atoms with Crippen LogP contribution in [0.3, 0.4) is 0 Å². The molecule has 1 unspecified atom stereocenters. The van der Waals surface area contributed by atoms with Gasteiger partial charge in [-0.1, -0.05) is 0 Å². The molecular formula is C14H16F2N2O. The van der Waals surface area contributed by atoms with E-state index in [1.807, 2.05) is 0 Å². The number of ketones is 1. The molecule has 19 heavy (non-hydrogen) atoms. The number of hydrogen-bond donors (Lipinski definition) is 0. The maximum Gasteiger partial charge on any atom is 0.248 e. The Hall–Kier alpha value is -1.39. The Morgan fingerprint density at radius 3 is 2.79 bits per heavy atom. The molecule has 0 radical (unpaired) electrons. The molecule has 0 spiro atoms. The van der Waals surface area contributed by atoms with Gasteiger partial charge in [-0.3, -0.25) is 4.79 Å². The monoisotopic (exact) mass is 266 g/mol. The van der Waals surface area contributed by atoms with Gasteiger partial charge in [0.05, 0.1) is 11.3 Å². The molecule has 1 aromatic heterocycles. The number of aryl methyl sites for hydroxylation is 1. The predicted octanol–water partition coefficient (Wildman–Crippen LogP) is 3.29. The summed E-state index contributed by atoms with van der Waals surface area (Å²) in [5.41, 5.74) is 1.34. The molecule has 3 rings (SSSR count). The lowest BCUT2D eigenvalue weighted by molar-refractivity contribution is 0.00752. The van der Waals surface area contributed by atoms with Crippen molar-refractivity contribution in [3.8, 4) is 0 Å². The Bertz CT molecular complexity index is 516. The number of aromatic nitrogens is 2. The molecular weight excluding hydrogens is 250 g/mol. The minimum absolute atomic E-state index is 0.0794. The highest BCUT2D eigenvalue weighted by molar-refractivity contribution is 5.97. The second-order valence-electron chi connectivity index (χ2n) is 5.51. The smallest absolute Gasteiger partial charge is 0.248 e. The average molecular weight is 266 g/mol. The molecule has 0 amide bonds. The number of Topliss-reactive ketones (excluding diaryl/α,β-unsaturated/α-hetero) is 1. The Balaban J connectivity index is 1.89. The molecule has 5 heteroatoms. The first-order valence-electron chi connectivity index (χ1n) is 6.82. The van der Waals surface area contributed by atoms with Crippen LogP contribution in [0.4, 0.5) is 8.78 Å². The minimum Gasteiger partial charge on any atom is -0.294 e. The van der Waals surface area contributed by atoms with Crippen molar-refractivity contribution in [1.29, 1.82) is 0 Å². The van der Waals surface area contributed by atoms with Crippen molar-refractivity contribution < 1.29 is 13.6 Å². The van der Waals surface area contributed by atoms with Gasteiger partial charge in [0, 0.05) is 31.4 Å². The highest BCUT2D eigenvalue weighted by atomic mass is 19.3. The van der Waals surface area contributed by atoms with Gasteiger partial charge < -0.3 is 0 Å². The molecule has 1 aromatic rings. The Kier molecular flexibility index (Phi) is 3.07. The third kappa shape index (κ3) is 2.51. The molecule has 0 aromatic carbocycles. The fraction of sp³-hybridized carbons (Fsp3) is 0.643. The van der Waals surface area contributed by atoms with E-state index in [4.69, 9.17) is 0 Å². The molecule has 3 nitrogen and oxygen atoms in total. The third-order valence-corrected chi connectivity index (χ3v) is 4.02. The fourth-order valence-corrected chi connectivity index (χ4v) is 2.94. The van der Waals surface area contributed by atoms with Crippen molar-refractivity contribution in [2.24, 2.45) is 0 Å². The molecule has 1 saturated carbocycles. The van der Waals surface area contributed by atoms with E-state index in [-0.39, 0.29) is 24.5 Å². The molecule has 1 fully saturated rings. The summed E-state index contributed by atoms with van der Waals surface area (Å²) in [5.74, 6) is -2.28. The van der Waals surface area contributed by atoms with Gasteiger partial charge in [0.15, 0.2) is 5.78 Å². The summed E-state index contributed by atoms with van der Waals surface area (Å²) in [5, 5.41) is 0. The molecule has 1 atom stereocenters. The summed E-state index contributed by atoms with van der Waals surface area (Å²) in [4.78, 5) is 20.4. The Morgan fingerprint density at radius 1 is 1.26 bits per heavy atom. The summed E-state index contributed by atoms with van der Waals surface area (Å²) in [6.45, 7) is 0. The summed E-state index contributed by atoms with van der Waals surface area (Å²) in [6.07, 6.45) is 4.80. The summed E-state index contributed by atoms with van der Waals surface area (Å²) in [6, 6.07) is 0. The lowest BCUT2D eigenvalue weighted by atomic mass is 10.1. The van der Waals surface area contributed by atoms with Crippen LogP contribution >= 0.6 is 0 Å². The summed E-state index contributed by atoms with van der Waals surface area (Å²) >= 11 is 0. The van der Waals surface area contributed by atoms with Gasteiger partial charge in [0.25, 0.3) is 0 Å². The van der Waals surface area contributed by atoms with Gasteiger partial charge in [-0.15, -0.1) is 0 Å². The molecule has 0 bridgehead atoms. The van der Waals surface area contributed by atoms with Crippen molar-refractivity contribution in [3.63, 3.8) is 0 Å². The predicted molar refractivity (Wildman–Crippen MR) is 65.5 cm³/mol. The number of fused-ring (bicyclic) bond motifs is 1. The van der Waals surface area contributed by atoms with Crippen LogP contribution in [0.1, 0.15) is 66.3 Å². The second kappa shape index (κ2) is 4.62. The van der Waals surface area contributed by atoms with Crippen molar-refractivity contribution in [2.75, 3.05) is 0 Å². The van der Waals surface area contributed by atoms with Crippen LogP contribution in [0, 0.1) is 0 Å². The van der Waals surface area contributed by atoms with E-state index in [1.165, 1.54) is 0 Å². The minimum atomic E-state index is -2.59. The zero-order valence-electron chi connectivity index (χ0n) is 10.7. The average Bonchev–Trinajstić information content (AvgIpc) is 2.63. The van der Waals surface area contributed by atoms with Crippen LogP contribution in [-0.4, -0.2) is 21.7 Å². The largest absolute Gasteiger partial charge is 0.294 e. The van der Waals surface area contributed by atoms with E-state index in [9.17, 15) is 13.6 Å². The first kappa shape index (κ1) is 12.6. The van der Waals surface area contributed by atoms with Gasteiger partial charge in [0.2, 0.25) is 5.92 Å². The maximum absolute atomic E-state index is 13.2. The molecule has 0 N–H and O–H groups in total. The number of halogens is 2. The number of alkyl halides is 2. The van der Waals surface area contributed by atoms with Gasteiger partial charge >= 0.3 is 0 Å². The topological polar surface area (TPSA) is 42.9 Å². The normalized spacial score (nSPS) is 26.0. The first-order chi connectivity index (χ1) is 9.05. The van der Waals surface area contributed by atoms with E-state index >= 15 is 0 Å². The van der Waals surface area contributed by atoms with Crippen molar-refractivity contribution in [2.45, 2.75) is 56.8 Å². The molecule has 102 valence electrons. The summed E-state index contributed by atoms with van der Waals surface area (Å²) < 4.78 is 26.5. The second-order valence-corrected chi connectivity index (χ2v) is 5.51.